The van der Waals surface area contributed by atoms with E-state index < -0.39 is 0 Å². The second kappa shape index (κ2) is 3.14. The van der Waals surface area contributed by atoms with Gasteiger partial charge in [0.05, 0.1) is 6.26 Å². The first kappa shape index (κ1) is 8.74. The zero-order valence-corrected chi connectivity index (χ0v) is 8.02. The highest BCUT2D eigenvalue weighted by Crippen LogP contribution is 2.13. The normalized spacial score (nSPS) is 10.4. The van der Waals surface area contributed by atoms with Gasteiger partial charge in [0, 0.05) is 13.2 Å². The maximum absolute atomic E-state index is 11.9. The third kappa shape index (κ3) is 1.25. The molecule has 0 aromatic carbocycles. The number of carbonyl (C=O) groups excluding carboxylic acids is 1. The molecule has 2 rings (SSSR count). The molecule has 0 radical (unpaired) electrons. The quantitative estimate of drug-likeness (QED) is 0.675. The summed E-state index contributed by atoms with van der Waals surface area (Å²) in [6.45, 7) is 1.84. The standard InChI is InChI=1S/C10H10N2O2/c1-7-4-6-14-10(7)9(13)8-3-5-11-12(8)2/h3-6H,1-2H3. The van der Waals surface area contributed by atoms with Crippen LogP contribution in [-0.2, 0) is 7.05 Å². The zero-order valence-electron chi connectivity index (χ0n) is 8.02. The predicted molar refractivity (Wildman–Crippen MR) is 50.1 cm³/mol. The Morgan fingerprint density at radius 2 is 2.29 bits per heavy atom. The maximum atomic E-state index is 11.9. The van der Waals surface area contributed by atoms with Crippen LogP contribution in [0.15, 0.2) is 29.0 Å². The largest absolute Gasteiger partial charge is 0.461 e. The summed E-state index contributed by atoms with van der Waals surface area (Å²) in [7, 11) is 1.73. The van der Waals surface area contributed by atoms with E-state index in [0.29, 0.717) is 11.5 Å². The molecule has 0 bridgehead atoms. The minimum Gasteiger partial charge on any atom is -0.461 e. The lowest BCUT2D eigenvalue weighted by molar-refractivity contribution is 0.0999. The lowest BCUT2D eigenvalue weighted by atomic mass is 10.1. The van der Waals surface area contributed by atoms with Crippen LogP contribution in [0, 0.1) is 6.92 Å². The van der Waals surface area contributed by atoms with Crippen molar-refractivity contribution in [3.63, 3.8) is 0 Å². The van der Waals surface area contributed by atoms with Gasteiger partial charge in [-0.1, -0.05) is 0 Å². The molecule has 0 atom stereocenters. The molecule has 0 spiro atoms. The van der Waals surface area contributed by atoms with Gasteiger partial charge >= 0.3 is 0 Å². The van der Waals surface area contributed by atoms with Crippen LogP contribution in [0.2, 0.25) is 0 Å². The van der Waals surface area contributed by atoms with Crippen molar-refractivity contribution >= 4 is 5.78 Å². The molecular weight excluding hydrogens is 180 g/mol. The summed E-state index contributed by atoms with van der Waals surface area (Å²) in [5.41, 5.74) is 1.37. The van der Waals surface area contributed by atoms with Crippen LogP contribution in [-0.4, -0.2) is 15.6 Å². The average Bonchev–Trinajstić information content (AvgIpc) is 2.73. The van der Waals surface area contributed by atoms with Crippen LogP contribution in [0.25, 0.3) is 0 Å². The van der Waals surface area contributed by atoms with Crippen molar-refractivity contribution in [3.8, 4) is 0 Å². The number of furan rings is 1. The van der Waals surface area contributed by atoms with Gasteiger partial charge in [-0.2, -0.15) is 5.10 Å². The Hall–Kier alpha value is -1.84. The molecule has 72 valence electrons. The second-order valence-corrected chi connectivity index (χ2v) is 3.10. The minimum atomic E-state index is -0.132. The van der Waals surface area contributed by atoms with Gasteiger partial charge in [0.1, 0.15) is 5.69 Å². The minimum absolute atomic E-state index is 0.132. The van der Waals surface area contributed by atoms with Crippen molar-refractivity contribution in [1.29, 1.82) is 0 Å². The molecule has 0 N–H and O–H groups in total. The molecule has 0 fully saturated rings. The third-order valence-electron chi connectivity index (χ3n) is 2.12. The lowest BCUT2D eigenvalue weighted by Crippen LogP contribution is -2.08. The Bertz CT molecular complexity index is 426. The van der Waals surface area contributed by atoms with E-state index in [1.54, 1.807) is 25.4 Å². The summed E-state index contributed by atoms with van der Waals surface area (Å²) in [5.74, 6) is 0.251. The molecular formula is C10H10N2O2. The molecule has 0 saturated carbocycles. The van der Waals surface area contributed by atoms with Gasteiger partial charge < -0.3 is 4.42 Å². The van der Waals surface area contributed by atoms with E-state index in [1.807, 2.05) is 6.92 Å². The van der Waals surface area contributed by atoms with Crippen LogP contribution in [0.4, 0.5) is 0 Å². The SMILES string of the molecule is Cc1ccoc1C(=O)c1ccnn1C. The van der Waals surface area contributed by atoms with E-state index in [1.165, 1.54) is 10.9 Å². The number of hydrogen-bond donors (Lipinski definition) is 0. The number of carbonyl (C=O) groups is 1. The van der Waals surface area contributed by atoms with Crippen molar-refractivity contribution in [2.75, 3.05) is 0 Å². The molecule has 0 aliphatic rings. The van der Waals surface area contributed by atoms with E-state index in [9.17, 15) is 4.79 Å². The summed E-state index contributed by atoms with van der Waals surface area (Å²) in [4.78, 5) is 11.9. The van der Waals surface area contributed by atoms with Crippen LogP contribution in [0.5, 0.6) is 0 Å². The lowest BCUT2D eigenvalue weighted by Gasteiger charge is -1.98. The fourth-order valence-corrected chi connectivity index (χ4v) is 1.32. The van der Waals surface area contributed by atoms with Gasteiger partial charge in [0.15, 0.2) is 5.76 Å². The van der Waals surface area contributed by atoms with E-state index in [4.69, 9.17) is 4.42 Å². The van der Waals surface area contributed by atoms with Gasteiger partial charge in [-0.05, 0) is 24.6 Å². The van der Waals surface area contributed by atoms with Crippen molar-refractivity contribution in [3.05, 3.63) is 41.6 Å². The van der Waals surface area contributed by atoms with Crippen molar-refractivity contribution in [2.45, 2.75) is 6.92 Å². The number of hydrogen-bond acceptors (Lipinski definition) is 3. The van der Waals surface area contributed by atoms with Crippen LogP contribution < -0.4 is 0 Å². The summed E-state index contributed by atoms with van der Waals surface area (Å²) >= 11 is 0. The number of aromatic nitrogens is 2. The summed E-state index contributed by atoms with van der Waals surface area (Å²) < 4.78 is 6.65. The molecule has 2 aromatic rings. The molecule has 2 heterocycles. The van der Waals surface area contributed by atoms with E-state index in [2.05, 4.69) is 5.10 Å². The Balaban J connectivity index is 2.44. The highest BCUT2D eigenvalue weighted by molar-refractivity contribution is 6.06. The van der Waals surface area contributed by atoms with Gasteiger partial charge in [0.25, 0.3) is 0 Å². The summed E-state index contributed by atoms with van der Waals surface area (Å²) in [6, 6.07) is 3.44. The third-order valence-corrected chi connectivity index (χ3v) is 2.12. The van der Waals surface area contributed by atoms with Gasteiger partial charge in [0.2, 0.25) is 5.78 Å². The highest BCUT2D eigenvalue weighted by atomic mass is 16.3. The molecule has 0 unspecified atom stereocenters. The van der Waals surface area contributed by atoms with Gasteiger partial charge in [-0.15, -0.1) is 0 Å². The van der Waals surface area contributed by atoms with Gasteiger partial charge in [-0.3, -0.25) is 9.48 Å². The molecule has 2 aromatic heterocycles. The van der Waals surface area contributed by atoms with E-state index in [0.717, 1.165) is 5.56 Å². The van der Waals surface area contributed by atoms with Crippen molar-refractivity contribution in [2.24, 2.45) is 7.05 Å². The van der Waals surface area contributed by atoms with Crippen LogP contribution in [0.1, 0.15) is 21.8 Å². The molecule has 0 amide bonds. The summed E-state index contributed by atoms with van der Waals surface area (Å²) in [6.07, 6.45) is 3.10. The Morgan fingerprint density at radius 1 is 1.50 bits per heavy atom. The van der Waals surface area contributed by atoms with Crippen molar-refractivity contribution < 1.29 is 9.21 Å². The topological polar surface area (TPSA) is 48.0 Å². The Morgan fingerprint density at radius 3 is 2.79 bits per heavy atom. The van der Waals surface area contributed by atoms with Gasteiger partial charge in [-0.25, -0.2) is 0 Å². The maximum Gasteiger partial charge on any atom is 0.246 e. The van der Waals surface area contributed by atoms with E-state index in [-0.39, 0.29) is 5.78 Å². The Kier molecular flexibility index (Phi) is 1.96. The monoisotopic (exact) mass is 190 g/mol. The first-order valence-electron chi connectivity index (χ1n) is 4.27. The molecule has 0 aliphatic heterocycles. The summed E-state index contributed by atoms with van der Waals surface area (Å²) in [5, 5.41) is 3.93. The number of aryl methyl sites for hydroxylation is 2. The fraction of sp³-hybridized carbons (Fsp3) is 0.200. The first-order valence-corrected chi connectivity index (χ1v) is 4.27. The molecule has 0 saturated heterocycles. The smallest absolute Gasteiger partial charge is 0.246 e. The average molecular weight is 190 g/mol. The van der Waals surface area contributed by atoms with Crippen molar-refractivity contribution in [1.82, 2.24) is 9.78 Å². The first-order chi connectivity index (χ1) is 6.70. The second-order valence-electron chi connectivity index (χ2n) is 3.10. The number of nitrogens with zero attached hydrogens (tertiary/aromatic N) is 2. The molecule has 4 nitrogen and oxygen atoms in total. The fourth-order valence-electron chi connectivity index (χ4n) is 1.32. The predicted octanol–water partition coefficient (Wildman–Crippen LogP) is 1.55. The Labute approximate surface area is 81.1 Å². The van der Waals surface area contributed by atoms with Crippen LogP contribution in [0.3, 0.4) is 0 Å². The van der Waals surface area contributed by atoms with Crippen LogP contribution >= 0.6 is 0 Å². The molecule has 14 heavy (non-hydrogen) atoms. The van der Waals surface area contributed by atoms with E-state index >= 15 is 0 Å². The number of ketones is 1. The molecule has 0 aliphatic carbocycles. The zero-order chi connectivity index (χ0) is 10.1. The number of rotatable bonds is 2. The molecule has 4 heteroatoms. The highest BCUT2D eigenvalue weighted by Gasteiger charge is 2.17.